The minimum absolute atomic E-state index is 0.587. The van der Waals surface area contributed by atoms with Crippen LogP contribution in [0.2, 0.25) is 0 Å². The Morgan fingerprint density at radius 2 is 2.00 bits per heavy atom. The van der Waals surface area contributed by atoms with E-state index >= 15 is 0 Å². The summed E-state index contributed by atoms with van der Waals surface area (Å²) in [6, 6.07) is 0. The van der Waals surface area contributed by atoms with E-state index in [0.29, 0.717) is 5.92 Å². The van der Waals surface area contributed by atoms with Crippen molar-refractivity contribution < 1.29 is 5.21 Å². The summed E-state index contributed by atoms with van der Waals surface area (Å²) in [5.41, 5.74) is 1.04. The fraction of sp³-hybridized carbons (Fsp3) is 0.900. The van der Waals surface area contributed by atoms with Gasteiger partial charge in [-0.25, -0.2) is 0 Å². The van der Waals surface area contributed by atoms with Gasteiger partial charge < -0.3 is 5.21 Å². The molecule has 12 heavy (non-hydrogen) atoms. The molecule has 0 atom stereocenters. The van der Waals surface area contributed by atoms with E-state index in [2.05, 4.69) is 12.1 Å². The smallest absolute Gasteiger partial charge is 0.0601 e. The third kappa shape index (κ3) is 2.50. The number of hydrogen-bond donors (Lipinski definition) is 1. The van der Waals surface area contributed by atoms with Crippen LogP contribution < -0.4 is 0 Å². The molecule has 0 heterocycles. The predicted molar refractivity (Wildman–Crippen MR) is 50.7 cm³/mol. The highest BCUT2D eigenvalue weighted by Crippen LogP contribution is 2.26. The van der Waals surface area contributed by atoms with Crippen LogP contribution in [-0.2, 0) is 0 Å². The van der Waals surface area contributed by atoms with Crippen molar-refractivity contribution in [1.82, 2.24) is 0 Å². The molecule has 0 aromatic heterocycles. The molecular weight excluding hydrogens is 150 g/mol. The predicted octanol–water partition coefficient (Wildman–Crippen LogP) is 3.20. The van der Waals surface area contributed by atoms with Crippen LogP contribution in [-0.4, -0.2) is 10.9 Å². The molecule has 1 rings (SSSR count). The Kier molecular flexibility index (Phi) is 4.12. The Hall–Kier alpha value is -0.530. The van der Waals surface area contributed by atoms with Gasteiger partial charge in [-0.2, -0.15) is 0 Å². The highest BCUT2D eigenvalue weighted by molar-refractivity contribution is 5.86. The standard InChI is InChI=1S/C10H19NO/c1-2-6-10(11-12)9-7-4-3-5-8-9/h9,12H,2-8H2,1H3/b11-10+. The SMILES string of the molecule is CCC/C(=N\O)C1CCCCC1. The lowest BCUT2D eigenvalue weighted by Gasteiger charge is -2.21. The minimum atomic E-state index is 0.587. The van der Waals surface area contributed by atoms with Crippen molar-refractivity contribution in [2.75, 3.05) is 0 Å². The van der Waals surface area contributed by atoms with E-state index in [1.807, 2.05) is 0 Å². The summed E-state index contributed by atoms with van der Waals surface area (Å²) in [5, 5.41) is 12.2. The fourth-order valence-corrected chi connectivity index (χ4v) is 2.03. The van der Waals surface area contributed by atoms with Gasteiger partial charge >= 0.3 is 0 Å². The van der Waals surface area contributed by atoms with E-state index in [1.165, 1.54) is 32.1 Å². The Balaban J connectivity index is 2.41. The molecule has 1 aliphatic carbocycles. The van der Waals surface area contributed by atoms with Crippen LogP contribution in [0.15, 0.2) is 5.16 Å². The third-order valence-electron chi connectivity index (χ3n) is 2.71. The zero-order valence-corrected chi connectivity index (χ0v) is 7.92. The Bertz CT molecular complexity index is 148. The summed E-state index contributed by atoms with van der Waals surface area (Å²) in [5.74, 6) is 0.587. The second kappa shape index (κ2) is 5.18. The molecule has 2 nitrogen and oxygen atoms in total. The van der Waals surface area contributed by atoms with Crippen molar-refractivity contribution in [1.29, 1.82) is 0 Å². The summed E-state index contributed by atoms with van der Waals surface area (Å²) in [4.78, 5) is 0. The summed E-state index contributed by atoms with van der Waals surface area (Å²) < 4.78 is 0. The summed E-state index contributed by atoms with van der Waals surface area (Å²) in [6.45, 7) is 2.13. The lowest BCUT2D eigenvalue weighted by Crippen LogP contribution is -2.17. The molecule has 1 aliphatic rings. The van der Waals surface area contributed by atoms with Gasteiger partial charge in [0.25, 0.3) is 0 Å². The molecule has 0 spiro atoms. The van der Waals surface area contributed by atoms with Gasteiger partial charge in [0.15, 0.2) is 0 Å². The van der Waals surface area contributed by atoms with Crippen molar-refractivity contribution in [3.8, 4) is 0 Å². The second-order valence-electron chi connectivity index (χ2n) is 3.68. The molecule has 0 radical (unpaired) electrons. The molecule has 1 fully saturated rings. The molecule has 0 saturated heterocycles. The van der Waals surface area contributed by atoms with Crippen LogP contribution in [0.25, 0.3) is 0 Å². The number of nitrogens with zero attached hydrogens (tertiary/aromatic N) is 1. The Morgan fingerprint density at radius 3 is 2.50 bits per heavy atom. The van der Waals surface area contributed by atoms with E-state index < -0.39 is 0 Å². The maximum Gasteiger partial charge on any atom is 0.0601 e. The quantitative estimate of drug-likeness (QED) is 0.393. The van der Waals surface area contributed by atoms with Gasteiger partial charge in [0.1, 0.15) is 0 Å². The van der Waals surface area contributed by atoms with Gasteiger partial charge in [-0.05, 0) is 19.3 Å². The van der Waals surface area contributed by atoms with Crippen molar-refractivity contribution in [3.05, 3.63) is 0 Å². The average molecular weight is 169 g/mol. The molecule has 0 unspecified atom stereocenters. The first-order valence-corrected chi connectivity index (χ1v) is 5.09. The highest BCUT2D eigenvalue weighted by Gasteiger charge is 2.18. The molecule has 1 N–H and O–H groups in total. The molecule has 0 aromatic rings. The first-order chi connectivity index (χ1) is 5.88. The maximum absolute atomic E-state index is 8.80. The molecule has 2 heteroatoms. The maximum atomic E-state index is 8.80. The molecule has 0 bridgehead atoms. The largest absolute Gasteiger partial charge is 0.411 e. The normalized spacial score (nSPS) is 21.2. The van der Waals surface area contributed by atoms with Gasteiger partial charge in [-0.3, -0.25) is 0 Å². The fourth-order valence-electron chi connectivity index (χ4n) is 2.03. The number of rotatable bonds is 3. The van der Waals surface area contributed by atoms with Crippen LogP contribution in [0.4, 0.5) is 0 Å². The average Bonchev–Trinajstić information content (AvgIpc) is 2.15. The summed E-state index contributed by atoms with van der Waals surface area (Å²) >= 11 is 0. The number of oxime groups is 1. The van der Waals surface area contributed by atoms with Crippen LogP contribution in [0, 0.1) is 5.92 Å². The topological polar surface area (TPSA) is 32.6 Å². The molecule has 1 saturated carbocycles. The summed E-state index contributed by atoms with van der Waals surface area (Å²) in [6.07, 6.45) is 8.53. The molecule has 0 amide bonds. The van der Waals surface area contributed by atoms with Crippen LogP contribution in [0.1, 0.15) is 51.9 Å². The van der Waals surface area contributed by atoms with Crippen molar-refractivity contribution in [3.63, 3.8) is 0 Å². The van der Waals surface area contributed by atoms with E-state index in [1.54, 1.807) is 0 Å². The molecular formula is C10H19NO. The Labute approximate surface area is 74.7 Å². The van der Waals surface area contributed by atoms with E-state index in [4.69, 9.17) is 5.21 Å². The lowest BCUT2D eigenvalue weighted by atomic mass is 9.84. The van der Waals surface area contributed by atoms with Crippen LogP contribution >= 0.6 is 0 Å². The molecule has 0 aromatic carbocycles. The van der Waals surface area contributed by atoms with Gasteiger partial charge in [-0.15, -0.1) is 0 Å². The zero-order valence-electron chi connectivity index (χ0n) is 7.92. The van der Waals surface area contributed by atoms with Gasteiger partial charge in [-0.1, -0.05) is 37.8 Å². The van der Waals surface area contributed by atoms with E-state index in [9.17, 15) is 0 Å². The number of hydrogen-bond acceptors (Lipinski definition) is 2. The van der Waals surface area contributed by atoms with Crippen LogP contribution in [0.3, 0.4) is 0 Å². The third-order valence-corrected chi connectivity index (χ3v) is 2.71. The summed E-state index contributed by atoms with van der Waals surface area (Å²) in [7, 11) is 0. The van der Waals surface area contributed by atoms with Crippen molar-refractivity contribution >= 4 is 5.71 Å². The zero-order chi connectivity index (χ0) is 8.81. The minimum Gasteiger partial charge on any atom is -0.411 e. The Morgan fingerprint density at radius 1 is 1.33 bits per heavy atom. The first-order valence-electron chi connectivity index (χ1n) is 5.09. The van der Waals surface area contributed by atoms with Gasteiger partial charge in [0, 0.05) is 5.92 Å². The second-order valence-corrected chi connectivity index (χ2v) is 3.68. The molecule has 70 valence electrons. The van der Waals surface area contributed by atoms with Crippen LogP contribution in [0.5, 0.6) is 0 Å². The van der Waals surface area contributed by atoms with E-state index in [-0.39, 0.29) is 0 Å². The van der Waals surface area contributed by atoms with Gasteiger partial charge in [0.2, 0.25) is 0 Å². The van der Waals surface area contributed by atoms with Gasteiger partial charge in [0.05, 0.1) is 5.71 Å². The van der Waals surface area contributed by atoms with Crippen molar-refractivity contribution in [2.45, 2.75) is 51.9 Å². The molecule has 0 aliphatic heterocycles. The lowest BCUT2D eigenvalue weighted by molar-refractivity contribution is 0.307. The first kappa shape index (κ1) is 9.56. The van der Waals surface area contributed by atoms with E-state index in [0.717, 1.165) is 18.6 Å². The monoisotopic (exact) mass is 169 g/mol. The van der Waals surface area contributed by atoms with Crippen molar-refractivity contribution in [2.24, 2.45) is 11.1 Å². The highest BCUT2D eigenvalue weighted by atomic mass is 16.4.